The van der Waals surface area contributed by atoms with E-state index in [2.05, 4.69) is 5.32 Å². The summed E-state index contributed by atoms with van der Waals surface area (Å²) in [5, 5.41) is 14.0. The van der Waals surface area contributed by atoms with E-state index in [-0.39, 0.29) is 30.5 Å². The summed E-state index contributed by atoms with van der Waals surface area (Å²) in [6.07, 6.45) is -0.176. The van der Waals surface area contributed by atoms with Crippen LogP contribution < -0.4 is 10.1 Å². The molecule has 0 bridgehead atoms. The third kappa shape index (κ3) is 5.78. The van der Waals surface area contributed by atoms with Crippen LogP contribution in [0, 0.1) is 10.1 Å². The Kier molecular flexibility index (Phi) is 7.70. The van der Waals surface area contributed by atoms with Crippen molar-refractivity contribution in [2.24, 2.45) is 0 Å². The van der Waals surface area contributed by atoms with E-state index < -0.39 is 11.0 Å². The first-order valence-corrected chi connectivity index (χ1v) is 9.29. The molecular formula is C21H25N3O5. The number of nitrogens with one attached hydrogen (secondary N) is 1. The largest absolute Gasteiger partial charge is 0.497 e. The molecule has 29 heavy (non-hydrogen) atoms. The van der Waals surface area contributed by atoms with Gasteiger partial charge >= 0.3 is 0 Å². The van der Waals surface area contributed by atoms with Crippen LogP contribution in [0.4, 0.5) is 5.69 Å². The summed E-state index contributed by atoms with van der Waals surface area (Å²) in [4.78, 5) is 37.7. The van der Waals surface area contributed by atoms with Crippen molar-refractivity contribution in [1.29, 1.82) is 0 Å². The van der Waals surface area contributed by atoms with Gasteiger partial charge in [0.25, 0.3) is 5.69 Å². The number of para-hydroxylation sites is 1. The van der Waals surface area contributed by atoms with Crippen molar-refractivity contribution >= 4 is 17.5 Å². The Balaban J connectivity index is 2.32. The number of nitro benzene ring substituents is 1. The normalized spacial score (nSPS) is 11.4. The monoisotopic (exact) mass is 399 g/mol. The lowest BCUT2D eigenvalue weighted by molar-refractivity contribution is -0.385. The van der Waals surface area contributed by atoms with Gasteiger partial charge in [-0.2, -0.15) is 0 Å². The minimum Gasteiger partial charge on any atom is -0.497 e. The minimum atomic E-state index is -0.739. The van der Waals surface area contributed by atoms with Crippen LogP contribution in [0.15, 0.2) is 48.5 Å². The lowest BCUT2D eigenvalue weighted by Crippen LogP contribution is -2.48. The molecular weight excluding hydrogens is 374 g/mol. The zero-order valence-corrected chi connectivity index (χ0v) is 16.8. The summed E-state index contributed by atoms with van der Waals surface area (Å²) in [5.74, 6) is -0.0218. The van der Waals surface area contributed by atoms with Gasteiger partial charge in [-0.3, -0.25) is 19.7 Å². The fourth-order valence-electron chi connectivity index (χ4n) is 2.97. The van der Waals surface area contributed by atoms with Gasteiger partial charge in [0.15, 0.2) is 0 Å². The maximum atomic E-state index is 13.1. The predicted octanol–water partition coefficient (Wildman–Crippen LogP) is 2.70. The SMILES string of the molecule is CCNC(=O)[C@H](C)N(Cc1cccc(OC)c1)C(=O)Cc1ccccc1[N+](=O)[O-]. The molecule has 0 unspecified atom stereocenters. The Morgan fingerprint density at radius 1 is 1.21 bits per heavy atom. The second kappa shape index (κ2) is 10.2. The van der Waals surface area contributed by atoms with Crippen molar-refractivity contribution in [3.05, 3.63) is 69.8 Å². The van der Waals surface area contributed by atoms with E-state index in [1.165, 1.54) is 11.0 Å². The molecule has 8 nitrogen and oxygen atoms in total. The number of benzene rings is 2. The average Bonchev–Trinajstić information content (AvgIpc) is 2.72. The first kappa shape index (κ1) is 21.9. The lowest BCUT2D eigenvalue weighted by atomic mass is 10.1. The minimum absolute atomic E-state index is 0.118. The van der Waals surface area contributed by atoms with Crippen LogP contribution in [0.2, 0.25) is 0 Å². The first-order valence-electron chi connectivity index (χ1n) is 9.29. The van der Waals surface area contributed by atoms with Gasteiger partial charge in [-0.05, 0) is 31.5 Å². The molecule has 0 radical (unpaired) electrons. The van der Waals surface area contributed by atoms with Crippen molar-refractivity contribution in [3.8, 4) is 5.75 Å². The Labute approximate surface area is 169 Å². The highest BCUT2D eigenvalue weighted by Gasteiger charge is 2.27. The Hall–Kier alpha value is -3.42. The van der Waals surface area contributed by atoms with Crippen molar-refractivity contribution in [1.82, 2.24) is 10.2 Å². The van der Waals surface area contributed by atoms with Crippen molar-refractivity contribution in [3.63, 3.8) is 0 Å². The third-order valence-electron chi connectivity index (χ3n) is 4.54. The number of nitro groups is 1. The number of rotatable bonds is 9. The number of nitrogens with zero attached hydrogens (tertiary/aromatic N) is 2. The van der Waals surface area contributed by atoms with E-state index in [0.717, 1.165) is 5.56 Å². The highest BCUT2D eigenvalue weighted by Crippen LogP contribution is 2.21. The molecule has 154 valence electrons. The molecule has 0 aliphatic carbocycles. The number of hydrogen-bond acceptors (Lipinski definition) is 5. The van der Waals surface area contributed by atoms with Crippen LogP contribution in [0.5, 0.6) is 5.75 Å². The molecule has 2 rings (SSSR count). The van der Waals surface area contributed by atoms with E-state index in [1.54, 1.807) is 57.4 Å². The molecule has 0 aliphatic heterocycles. The summed E-state index contributed by atoms with van der Waals surface area (Å²) in [6.45, 7) is 4.05. The van der Waals surface area contributed by atoms with Crippen LogP contribution in [0.1, 0.15) is 25.0 Å². The molecule has 0 heterocycles. The van der Waals surface area contributed by atoms with Gasteiger partial charge in [-0.15, -0.1) is 0 Å². The molecule has 1 N–H and O–H groups in total. The predicted molar refractivity (Wildman–Crippen MR) is 108 cm³/mol. The molecule has 0 spiro atoms. The fourth-order valence-corrected chi connectivity index (χ4v) is 2.97. The molecule has 0 saturated carbocycles. The quantitative estimate of drug-likeness (QED) is 0.516. The van der Waals surface area contributed by atoms with Gasteiger partial charge in [-0.25, -0.2) is 0 Å². The maximum Gasteiger partial charge on any atom is 0.273 e. The molecule has 2 amide bonds. The van der Waals surface area contributed by atoms with Crippen molar-refractivity contribution in [2.45, 2.75) is 32.9 Å². The second-order valence-electron chi connectivity index (χ2n) is 6.51. The molecule has 0 aliphatic rings. The van der Waals surface area contributed by atoms with E-state index in [0.29, 0.717) is 17.9 Å². The summed E-state index contributed by atoms with van der Waals surface area (Å²) in [7, 11) is 1.55. The van der Waals surface area contributed by atoms with Gasteiger partial charge in [0, 0.05) is 24.7 Å². The topological polar surface area (TPSA) is 102 Å². The van der Waals surface area contributed by atoms with E-state index >= 15 is 0 Å². The molecule has 0 saturated heterocycles. The Morgan fingerprint density at radius 3 is 2.59 bits per heavy atom. The van der Waals surface area contributed by atoms with E-state index in [9.17, 15) is 19.7 Å². The summed E-state index contributed by atoms with van der Waals surface area (Å²) >= 11 is 0. The standard InChI is InChI=1S/C21H25N3O5/c1-4-22-21(26)15(2)23(14-16-8-7-10-18(12-16)29-3)20(25)13-17-9-5-6-11-19(17)24(27)28/h5-12,15H,4,13-14H2,1-3H3,(H,22,26)/t15-/m0/s1. The smallest absolute Gasteiger partial charge is 0.273 e. The zero-order chi connectivity index (χ0) is 21.4. The molecule has 8 heteroatoms. The van der Waals surface area contributed by atoms with Gasteiger partial charge < -0.3 is 15.0 Å². The van der Waals surface area contributed by atoms with Crippen molar-refractivity contribution in [2.75, 3.05) is 13.7 Å². The molecule has 0 fully saturated rings. The zero-order valence-electron chi connectivity index (χ0n) is 16.8. The highest BCUT2D eigenvalue weighted by molar-refractivity contribution is 5.88. The lowest BCUT2D eigenvalue weighted by Gasteiger charge is -2.29. The second-order valence-corrected chi connectivity index (χ2v) is 6.51. The van der Waals surface area contributed by atoms with Crippen molar-refractivity contribution < 1.29 is 19.2 Å². The summed E-state index contributed by atoms with van der Waals surface area (Å²) in [6, 6.07) is 12.6. The van der Waals surface area contributed by atoms with Crippen LogP contribution in [-0.4, -0.2) is 41.3 Å². The summed E-state index contributed by atoms with van der Waals surface area (Å²) in [5.41, 5.74) is 0.977. The van der Waals surface area contributed by atoms with Gasteiger partial charge in [-0.1, -0.05) is 30.3 Å². The maximum absolute atomic E-state index is 13.1. The van der Waals surface area contributed by atoms with Crippen LogP contribution in [0.25, 0.3) is 0 Å². The highest BCUT2D eigenvalue weighted by atomic mass is 16.6. The van der Waals surface area contributed by atoms with Crippen LogP contribution >= 0.6 is 0 Å². The first-order chi connectivity index (χ1) is 13.9. The Morgan fingerprint density at radius 2 is 1.93 bits per heavy atom. The van der Waals surface area contributed by atoms with Gasteiger partial charge in [0.05, 0.1) is 18.5 Å². The molecule has 2 aromatic rings. The number of hydrogen-bond donors (Lipinski definition) is 1. The fraction of sp³-hybridized carbons (Fsp3) is 0.333. The number of amides is 2. The molecule has 0 aromatic heterocycles. The number of carbonyl (C=O) groups is 2. The van der Waals surface area contributed by atoms with E-state index in [4.69, 9.17) is 4.74 Å². The Bertz CT molecular complexity index is 884. The van der Waals surface area contributed by atoms with E-state index in [1.807, 2.05) is 6.07 Å². The summed E-state index contributed by atoms with van der Waals surface area (Å²) < 4.78 is 5.22. The number of ether oxygens (including phenoxy) is 1. The van der Waals surface area contributed by atoms with Crippen LogP contribution in [-0.2, 0) is 22.6 Å². The van der Waals surface area contributed by atoms with Crippen LogP contribution in [0.3, 0.4) is 0 Å². The number of carbonyl (C=O) groups excluding carboxylic acids is 2. The molecule has 1 atom stereocenters. The molecule has 2 aromatic carbocycles. The number of methoxy groups -OCH3 is 1. The third-order valence-corrected chi connectivity index (χ3v) is 4.54. The number of likely N-dealkylation sites (N-methyl/N-ethyl adjacent to an activating group) is 1. The van der Waals surface area contributed by atoms with Gasteiger partial charge in [0.1, 0.15) is 11.8 Å². The average molecular weight is 399 g/mol. The van der Waals surface area contributed by atoms with Gasteiger partial charge in [0.2, 0.25) is 11.8 Å².